The van der Waals surface area contributed by atoms with Crippen LogP contribution in [0.2, 0.25) is 0 Å². The second kappa shape index (κ2) is 10.9. The fraction of sp³-hybridized carbons (Fsp3) is 0.476. The molecule has 6 heteroatoms. The summed E-state index contributed by atoms with van der Waals surface area (Å²) in [5.41, 5.74) is 12.5. The normalized spacial score (nSPS) is 21.1. The van der Waals surface area contributed by atoms with Crippen LogP contribution in [0.25, 0.3) is 10.9 Å². The Balaban J connectivity index is 1.50. The van der Waals surface area contributed by atoms with Gasteiger partial charge in [0.1, 0.15) is 0 Å². The minimum atomic E-state index is -1.21. The molecule has 4 aliphatic rings. The van der Waals surface area contributed by atoms with E-state index < -0.39 is 5.97 Å². The molecule has 0 bridgehead atoms. The Kier molecular flexibility index (Phi) is 7.33. The topological polar surface area (TPSA) is 51.4 Å². The lowest BCUT2D eigenvalue weighted by atomic mass is 9.69. The SMILES string of the molecule is [C-]#[N+]C(=Cc1ccc(N(c2cc3c4c(c2)C(C)(C)CCN4CCC3(C)C)c2cc3c4c(c2)C(C)(C)CCN4CCC3(C)C)cc1)C(=O)O. The molecule has 0 aliphatic carbocycles. The first-order valence-corrected chi connectivity index (χ1v) is 17.6. The Labute approximate surface area is 286 Å². The molecule has 0 spiro atoms. The highest BCUT2D eigenvalue weighted by molar-refractivity contribution is 5.94. The van der Waals surface area contributed by atoms with Crippen LogP contribution in [0.5, 0.6) is 0 Å². The number of rotatable bonds is 5. The molecule has 3 aromatic carbocycles. The number of hydrogen-bond donors (Lipinski definition) is 1. The number of hydrogen-bond acceptors (Lipinski definition) is 4. The molecule has 6 nitrogen and oxygen atoms in total. The third kappa shape index (κ3) is 5.18. The summed E-state index contributed by atoms with van der Waals surface area (Å²) in [5.74, 6) is -1.21. The molecular formula is C42H50N4O2. The highest BCUT2D eigenvalue weighted by Gasteiger charge is 2.43. The lowest BCUT2D eigenvalue weighted by Gasteiger charge is -2.49. The van der Waals surface area contributed by atoms with Crippen LogP contribution < -0.4 is 14.7 Å². The van der Waals surface area contributed by atoms with E-state index in [0.29, 0.717) is 5.56 Å². The zero-order chi connectivity index (χ0) is 34.4. The fourth-order valence-electron chi connectivity index (χ4n) is 8.58. The quantitative estimate of drug-likeness (QED) is 0.222. The molecule has 48 heavy (non-hydrogen) atoms. The van der Waals surface area contributed by atoms with E-state index in [0.717, 1.165) is 68.9 Å². The number of carboxylic acid groups (broad SMARTS) is 1. The molecule has 1 N–H and O–H groups in total. The molecular weight excluding hydrogens is 592 g/mol. The van der Waals surface area contributed by atoms with Gasteiger partial charge in [-0.1, -0.05) is 67.5 Å². The van der Waals surface area contributed by atoms with Crippen LogP contribution in [-0.4, -0.2) is 37.3 Å². The van der Waals surface area contributed by atoms with Crippen LogP contribution in [0.3, 0.4) is 0 Å². The summed E-state index contributed by atoms with van der Waals surface area (Å²) in [5, 5.41) is 9.49. The van der Waals surface area contributed by atoms with Crippen LogP contribution in [0, 0.1) is 6.57 Å². The van der Waals surface area contributed by atoms with E-state index in [-0.39, 0.29) is 27.4 Å². The minimum absolute atomic E-state index is 0.0453. The van der Waals surface area contributed by atoms with E-state index in [2.05, 4.69) is 111 Å². The average Bonchev–Trinajstić information content (AvgIpc) is 3.02. The summed E-state index contributed by atoms with van der Waals surface area (Å²) in [7, 11) is 0. The van der Waals surface area contributed by atoms with Crippen molar-refractivity contribution in [2.75, 3.05) is 40.9 Å². The monoisotopic (exact) mass is 642 g/mol. The number of benzene rings is 3. The molecule has 0 amide bonds. The number of aliphatic carboxylic acids is 1. The van der Waals surface area contributed by atoms with Crippen molar-refractivity contribution in [3.8, 4) is 0 Å². The summed E-state index contributed by atoms with van der Waals surface area (Å²) < 4.78 is 0. The van der Waals surface area contributed by atoms with Gasteiger partial charge in [-0.15, -0.1) is 0 Å². The number of anilines is 5. The summed E-state index contributed by atoms with van der Waals surface area (Å²) in [6.07, 6.45) is 5.95. The van der Waals surface area contributed by atoms with Crippen molar-refractivity contribution in [1.82, 2.24) is 0 Å². The second-order valence-electron chi connectivity index (χ2n) is 17.2. The number of nitrogens with zero attached hydrogens (tertiary/aromatic N) is 4. The van der Waals surface area contributed by atoms with Gasteiger partial charge in [0.25, 0.3) is 5.70 Å². The van der Waals surface area contributed by atoms with Crippen molar-refractivity contribution < 1.29 is 9.90 Å². The van der Waals surface area contributed by atoms with Gasteiger partial charge in [0.2, 0.25) is 0 Å². The fourth-order valence-corrected chi connectivity index (χ4v) is 8.58. The molecule has 0 radical (unpaired) electrons. The van der Waals surface area contributed by atoms with Crippen molar-refractivity contribution in [3.63, 3.8) is 0 Å². The molecule has 3 aromatic rings. The minimum Gasteiger partial charge on any atom is -0.486 e. The van der Waals surface area contributed by atoms with Crippen molar-refractivity contribution in [1.29, 1.82) is 0 Å². The van der Waals surface area contributed by atoms with Crippen LogP contribution in [0.15, 0.2) is 54.2 Å². The summed E-state index contributed by atoms with van der Waals surface area (Å²) in [4.78, 5) is 22.5. The van der Waals surface area contributed by atoms with Crippen LogP contribution in [0.4, 0.5) is 28.4 Å². The Bertz CT molecular complexity index is 1710. The molecule has 0 atom stereocenters. The lowest BCUT2D eigenvalue weighted by molar-refractivity contribution is -0.132. The maximum atomic E-state index is 11.6. The Morgan fingerprint density at radius 3 is 1.33 bits per heavy atom. The molecule has 4 aliphatic heterocycles. The van der Waals surface area contributed by atoms with Gasteiger partial charge >= 0.3 is 5.97 Å². The largest absolute Gasteiger partial charge is 0.486 e. The Morgan fingerprint density at radius 1 is 0.667 bits per heavy atom. The van der Waals surface area contributed by atoms with E-state index in [9.17, 15) is 9.90 Å². The smallest absolute Gasteiger partial charge is 0.333 e. The van der Waals surface area contributed by atoms with E-state index in [1.165, 1.54) is 39.7 Å². The molecule has 0 unspecified atom stereocenters. The van der Waals surface area contributed by atoms with E-state index in [1.807, 2.05) is 12.1 Å². The molecule has 0 saturated heterocycles. The first-order valence-electron chi connectivity index (χ1n) is 17.6. The average molecular weight is 643 g/mol. The van der Waals surface area contributed by atoms with Crippen LogP contribution >= 0.6 is 0 Å². The standard InChI is InChI=1S/C42H50N4O2/c1-39(2)14-18-44-19-15-40(3,4)32-24-29(23-31(39)36(32)44)46(28-12-10-27(11-13-28)22-35(43-9)38(47)48)30-25-33-37-34(26-30)42(7,8)17-21-45(37)20-16-41(33,5)6/h10-13,22-26H,14-21H2,1-8H3,(H,47,48). The van der Waals surface area contributed by atoms with Gasteiger partial charge in [0.15, 0.2) is 0 Å². The molecule has 0 aromatic heterocycles. The van der Waals surface area contributed by atoms with Crippen molar-refractivity contribution in [3.05, 3.63) is 93.5 Å². The number of carboxylic acids is 1. The summed E-state index contributed by atoms with van der Waals surface area (Å²) >= 11 is 0. The van der Waals surface area contributed by atoms with Crippen LogP contribution in [0.1, 0.15) is 109 Å². The van der Waals surface area contributed by atoms with E-state index >= 15 is 0 Å². The molecule has 7 rings (SSSR count). The van der Waals surface area contributed by atoms with Gasteiger partial charge in [0, 0.05) is 54.6 Å². The number of carbonyl (C=O) groups is 1. The van der Waals surface area contributed by atoms with Gasteiger partial charge in [0.05, 0.1) is 6.57 Å². The first kappa shape index (κ1) is 32.3. The van der Waals surface area contributed by atoms with Gasteiger partial charge in [-0.2, -0.15) is 0 Å². The molecule has 4 heterocycles. The predicted octanol–water partition coefficient (Wildman–Crippen LogP) is 9.84. The van der Waals surface area contributed by atoms with E-state index in [4.69, 9.17) is 6.57 Å². The van der Waals surface area contributed by atoms with Crippen molar-refractivity contribution in [2.24, 2.45) is 0 Å². The zero-order valence-electron chi connectivity index (χ0n) is 30.0. The maximum Gasteiger partial charge on any atom is 0.333 e. The maximum absolute atomic E-state index is 11.6. The molecule has 250 valence electrons. The lowest BCUT2D eigenvalue weighted by Crippen LogP contribution is -2.45. The van der Waals surface area contributed by atoms with E-state index in [1.54, 1.807) is 0 Å². The summed E-state index contributed by atoms with van der Waals surface area (Å²) in [6.45, 7) is 30.9. The van der Waals surface area contributed by atoms with Gasteiger partial charge in [-0.25, -0.2) is 4.85 Å². The highest BCUT2D eigenvalue weighted by Crippen LogP contribution is 2.54. The van der Waals surface area contributed by atoms with Gasteiger partial charge < -0.3 is 19.8 Å². The molecule has 0 saturated carbocycles. The first-order chi connectivity index (χ1) is 22.5. The molecule has 0 fully saturated rings. The third-order valence-electron chi connectivity index (χ3n) is 12.1. The zero-order valence-corrected chi connectivity index (χ0v) is 30.0. The van der Waals surface area contributed by atoms with Crippen LogP contribution in [-0.2, 0) is 26.5 Å². The predicted molar refractivity (Wildman–Crippen MR) is 198 cm³/mol. The van der Waals surface area contributed by atoms with Gasteiger partial charge in [-0.3, -0.25) is 4.79 Å². The van der Waals surface area contributed by atoms with Gasteiger partial charge in [-0.05, 0) is 118 Å². The van der Waals surface area contributed by atoms with Crippen molar-refractivity contribution in [2.45, 2.75) is 103 Å². The Hall–Kier alpha value is -4.24. The second-order valence-corrected chi connectivity index (χ2v) is 17.2. The third-order valence-corrected chi connectivity index (χ3v) is 12.1. The van der Waals surface area contributed by atoms with Crippen molar-refractivity contribution >= 4 is 40.5 Å². The highest BCUT2D eigenvalue weighted by atomic mass is 16.4. The summed E-state index contributed by atoms with van der Waals surface area (Å²) in [6, 6.07) is 17.8. The Morgan fingerprint density at radius 2 is 1.02 bits per heavy atom.